The van der Waals surface area contributed by atoms with Gasteiger partial charge in [0, 0.05) is 32.7 Å². The predicted octanol–water partition coefficient (Wildman–Crippen LogP) is 6.05. The Morgan fingerprint density at radius 2 is 1.48 bits per heavy atom. The van der Waals surface area contributed by atoms with Gasteiger partial charge in [0.25, 0.3) is 0 Å². The number of nitrogens with zero attached hydrogens (tertiary/aromatic N) is 1. The molecule has 25 heavy (non-hydrogen) atoms. The molecule has 0 aliphatic carbocycles. The lowest BCUT2D eigenvalue weighted by Crippen LogP contribution is -2.18. The molecule has 0 N–H and O–H groups in total. The van der Waals surface area contributed by atoms with Gasteiger partial charge in [-0.2, -0.15) is 0 Å². The first-order valence-corrected chi connectivity index (χ1v) is 8.85. The van der Waals surface area contributed by atoms with Crippen molar-refractivity contribution < 1.29 is 4.74 Å². The summed E-state index contributed by atoms with van der Waals surface area (Å²) in [6, 6.07) is 24.8. The third kappa shape index (κ3) is 2.71. The maximum absolute atomic E-state index is 5.47. The second-order valence-electron chi connectivity index (χ2n) is 5.77. The minimum absolute atomic E-state index is 0.701. The van der Waals surface area contributed by atoms with Crippen LogP contribution in [-0.2, 0) is 0 Å². The molecule has 4 heteroatoms. The Labute approximate surface area is 158 Å². The summed E-state index contributed by atoms with van der Waals surface area (Å²) < 4.78 is 6.17. The molecule has 0 unspecified atom stereocenters. The van der Waals surface area contributed by atoms with Crippen LogP contribution in [0.15, 0.2) is 77.0 Å². The Morgan fingerprint density at radius 3 is 2.20 bits per heavy atom. The van der Waals surface area contributed by atoms with Gasteiger partial charge in [-0.25, -0.2) is 0 Å². The normalized spacial score (nSPS) is 12.4. The minimum atomic E-state index is 0.701. The first kappa shape index (κ1) is 16.2. The molecule has 0 spiro atoms. The lowest BCUT2D eigenvalue weighted by Gasteiger charge is -2.35. The van der Waals surface area contributed by atoms with Crippen LogP contribution in [0.25, 0.3) is 5.57 Å². The minimum Gasteiger partial charge on any atom is -0.497 e. The molecule has 0 bridgehead atoms. The molecule has 0 saturated carbocycles. The number of benzene rings is 3. The maximum atomic E-state index is 5.47. The number of fused-ring (bicyclic) bond motifs is 2. The van der Waals surface area contributed by atoms with Gasteiger partial charge in [-0.05, 0) is 30.3 Å². The van der Waals surface area contributed by atoms with Gasteiger partial charge in [0.15, 0.2) is 0 Å². The maximum Gasteiger partial charge on any atom is 0.120 e. The third-order valence-corrected chi connectivity index (χ3v) is 4.81. The molecule has 124 valence electrons. The highest BCUT2D eigenvalue weighted by Crippen LogP contribution is 2.51. The summed E-state index contributed by atoms with van der Waals surface area (Å²) in [5, 5.41) is 0. The van der Waals surface area contributed by atoms with Crippen LogP contribution in [0.4, 0.5) is 17.1 Å². The molecule has 0 amide bonds. The van der Waals surface area contributed by atoms with E-state index in [4.69, 9.17) is 4.74 Å². The van der Waals surface area contributed by atoms with Crippen molar-refractivity contribution in [3.05, 3.63) is 88.2 Å². The van der Waals surface area contributed by atoms with E-state index < -0.39 is 0 Å². The second-order valence-corrected chi connectivity index (χ2v) is 7.02. The number of methoxy groups -OCH3 is 1. The van der Waals surface area contributed by atoms with Crippen molar-refractivity contribution in [2.24, 2.45) is 0 Å². The number of hydrogen-bond donors (Lipinski definition) is 2. The van der Waals surface area contributed by atoms with E-state index in [9.17, 15) is 0 Å². The van der Waals surface area contributed by atoms with Gasteiger partial charge >= 0.3 is 0 Å². The Hall–Kier alpha value is -2.30. The van der Waals surface area contributed by atoms with Gasteiger partial charge in [0.1, 0.15) is 5.75 Å². The van der Waals surface area contributed by atoms with Crippen molar-refractivity contribution >= 4 is 47.9 Å². The molecule has 3 aromatic carbocycles. The van der Waals surface area contributed by atoms with Crippen molar-refractivity contribution in [1.29, 1.82) is 0 Å². The molecule has 2 nitrogen and oxygen atoms in total. The Bertz CT molecular complexity index is 963. The Morgan fingerprint density at radius 1 is 0.800 bits per heavy atom. The molecule has 0 atom stereocenters. The summed E-state index contributed by atoms with van der Waals surface area (Å²) in [6.45, 7) is 0. The van der Waals surface area contributed by atoms with Crippen molar-refractivity contribution in [2.45, 2.75) is 0 Å². The molecule has 0 saturated heterocycles. The standard InChI is InChI=1S/C21H17NOS2/c1-23-15-11-12-17-19(13-15)22(14-7-3-2-4-8-14)18-10-6-5-9-16(18)20(17)21(24)25/h2-13,24-25H,1H3. The molecule has 4 rings (SSSR count). The summed E-state index contributed by atoms with van der Waals surface area (Å²) >= 11 is 9.10. The van der Waals surface area contributed by atoms with Gasteiger partial charge < -0.3 is 9.64 Å². The van der Waals surface area contributed by atoms with Crippen molar-refractivity contribution in [1.82, 2.24) is 0 Å². The average Bonchev–Trinajstić information content (AvgIpc) is 2.65. The van der Waals surface area contributed by atoms with E-state index in [1.807, 2.05) is 36.4 Å². The fourth-order valence-electron chi connectivity index (χ4n) is 3.29. The molecule has 0 fully saturated rings. The van der Waals surface area contributed by atoms with E-state index in [0.717, 1.165) is 39.5 Å². The zero-order chi connectivity index (χ0) is 17.4. The van der Waals surface area contributed by atoms with Crippen molar-refractivity contribution in [3.63, 3.8) is 0 Å². The quantitative estimate of drug-likeness (QED) is 0.420. The number of ether oxygens (including phenoxy) is 1. The van der Waals surface area contributed by atoms with E-state index in [1.54, 1.807) is 7.11 Å². The molecule has 0 aromatic heterocycles. The number of thiol groups is 2. The number of rotatable bonds is 2. The SMILES string of the molecule is COc1ccc2c(c1)N(c1ccccc1)c1ccccc1C2=C(S)S. The second kappa shape index (κ2) is 6.54. The van der Waals surface area contributed by atoms with Crippen LogP contribution in [0, 0.1) is 0 Å². The summed E-state index contributed by atoms with van der Waals surface area (Å²) in [5.74, 6) is 0.818. The van der Waals surface area contributed by atoms with E-state index in [-0.39, 0.29) is 0 Å². The van der Waals surface area contributed by atoms with Gasteiger partial charge in [0.2, 0.25) is 0 Å². The highest BCUT2D eigenvalue weighted by Gasteiger charge is 2.28. The van der Waals surface area contributed by atoms with E-state index in [1.165, 1.54) is 0 Å². The number of hydrogen-bond acceptors (Lipinski definition) is 4. The highest BCUT2D eigenvalue weighted by molar-refractivity contribution is 8.05. The Kier molecular flexibility index (Phi) is 4.24. The molecular formula is C21H17NOS2. The van der Waals surface area contributed by atoms with Crippen LogP contribution >= 0.6 is 25.3 Å². The molecule has 1 aliphatic rings. The van der Waals surface area contributed by atoms with E-state index >= 15 is 0 Å². The van der Waals surface area contributed by atoms with Gasteiger partial charge in [-0.1, -0.05) is 36.4 Å². The summed E-state index contributed by atoms with van der Waals surface area (Å²) in [5.41, 5.74) is 6.49. The predicted molar refractivity (Wildman–Crippen MR) is 112 cm³/mol. The molecule has 1 heterocycles. The largest absolute Gasteiger partial charge is 0.497 e. The van der Waals surface area contributed by atoms with Gasteiger partial charge in [-0.3, -0.25) is 0 Å². The van der Waals surface area contributed by atoms with Crippen LogP contribution in [-0.4, -0.2) is 7.11 Å². The van der Waals surface area contributed by atoms with Crippen LogP contribution in [0.3, 0.4) is 0 Å². The monoisotopic (exact) mass is 363 g/mol. The lowest BCUT2D eigenvalue weighted by molar-refractivity contribution is 0.415. The van der Waals surface area contributed by atoms with E-state index in [2.05, 4.69) is 66.6 Å². The molecular weight excluding hydrogens is 346 g/mol. The van der Waals surface area contributed by atoms with Crippen LogP contribution in [0.2, 0.25) is 0 Å². The summed E-state index contributed by atoms with van der Waals surface area (Å²) in [4.78, 5) is 2.25. The van der Waals surface area contributed by atoms with Crippen LogP contribution in [0.1, 0.15) is 11.1 Å². The smallest absolute Gasteiger partial charge is 0.120 e. The fraction of sp³-hybridized carbons (Fsp3) is 0.0476. The van der Waals surface area contributed by atoms with Gasteiger partial charge in [-0.15, -0.1) is 25.3 Å². The number of anilines is 3. The van der Waals surface area contributed by atoms with Gasteiger partial charge in [0.05, 0.1) is 18.5 Å². The van der Waals surface area contributed by atoms with E-state index in [0.29, 0.717) is 4.24 Å². The van der Waals surface area contributed by atoms with Crippen molar-refractivity contribution in [2.75, 3.05) is 12.0 Å². The number of para-hydroxylation sites is 2. The average molecular weight is 364 g/mol. The van der Waals surface area contributed by atoms with Crippen molar-refractivity contribution in [3.8, 4) is 5.75 Å². The first-order chi connectivity index (χ1) is 12.2. The fourth-order valence-corrected chi connectivity index (χ4v) is 3.77. The molecule has 3 aromatic rings. The third-order valence-electron chi connectivity index (χ3n) is 4.37. The highest BCUT2D eigenvalue weighted by atomic mass is 32.2. The summed E-state index contributed by atoms with van der Waals surface area (Å²) in [6.07, 6.45) is 0. The topological polar surface area (TPSA) is 12.5 Å². The summed E-state index contributed by atoms with van der Waals surface area (Å²) in [7, 11) is 1.69. The van der Waals surface area contributed by atoms with Crippen LogP contribution < -0.4 is 9.64 Å². The zero-order valence-corrected chi connectivity index (χ0v) is 15.5. The molecule has 1 aliphatic heterocycles. The van der Waals surface area contributed by atoms with Crippen LogP contribution in [0.5, 0.6) is 5.75 Å². The molecule has 0 radical (unpaired) electrons. The lowest BCUT2D eigenvalue weighted by atomic mass is 9.90. The zero-order valence-electron chi connectivity index (χ0n) is 13.7. The Balaban J connectivity index is 2.07. The first-order valence-electron chi connectivity index (χ1n) is 7.96.